The molecule has 0 fully saturated rings. The van der Waals surface area contributed by atoms with Gasteiger partial charge in [0, 0.05) is 11.5 Å². The third-order valence-corrected chi connectivity index (χ3v) is 4.50. The van der Waals surface area contributed by atoms with Crippen LogP contribution in [0, 0.1) is 5.82 Å². The number of rotatable bonds is 4. The number of hydrogen-bond donors (Lipinski definition) is 0. The predicted octanol–water partition coefficient (Wildman–Crippen LogP) is 4.77. The standard InChI is InChI=1S/C23H17FN2O2/c1-28-23(27)14-21(16-5-3-2-4-6-16)17-7-12-22-18(13-17)15-25-26(22)20-10-8-19(24)9-11-20/h2-15H,1H3. The maximum Gasteiger partial charge on any atom is 0.331 e. The van der Waals surface area contributed by atoms with Gasteiger partial charge in [0.05, 0.1) is 24.5 Å². The van der Waals surface area contributed by atoms with Crippen molar-refractivity contribution in [2.75, 3.05) is 7.11 Å². The Balaban J connectivity index is 1.81. The fraction of sp³-hybridized carbons (Fsp3) is 0.0435. The summed E-state index contributed by atoms with van der Waals surface area (Å²) in [7, 11) is 1.36. The molecule has 0 amide bonds. The average Bonchev–Trinajstić information content (AvgIpc) is 3.16. The second kappa shape index (κ2) is 7.48. The van der Waals surface area contributed by atoms with Crippen molar-refractivity contribution >= 4 is 22.4 Å². The molecule has 28 heavy (non-hydrogen) atoms. The van der Waals surface area contributed by atoms with Crippen LogP contribution in [-0.2, 0) is 9.53 Å². The molecule has 0 aliphatic rings. The highest BCUT2D eigenvalue weighted by Gasteiger charge is 2.11. The molecule has 0 aliphatic carbocycles. The molecule has 4 nitrogen and oxygen atoms in total. The Morgan fingerprint density at radius 3 is 2.46 bits per heavy atom. The Morgan fingerprint density at radius 2 is 1.75 bits per heavy atom. The summed E-state index contributed by atoms with van der Waals surface area (Å²) in [5.74, 6) is -0.705. The van der Waals surface area contributed by atoms with E-state index in [9.17, 15) is 9.18 Å². The van der Waals surface area contributed by atoms with Crippen LogP contribution in [0.1, 0.15) is 11.1 Å². The van der Waals surface area contributed by atoms with Gasteiger partial charge in [0.25, 0.3) is 0 Å². The molecule has 5 heteroatoms. The van der Waals surface area contributed by atoms with Crippen molar-refractivity contribution in [3.63, 3.8) is 0 Å². The minimum atomic E-state index is -0.416. The largest absolute Gasteiger partial charge is 0.466 e. The molecular formula is C23H17FN2O2. The Bertz CT molecular complexity index is 1160. The van der Waals surface area contributed by atoms with E-state index in [0.717, 1.165) is 33.3 Å². The van der Waals surface area contributed by atoms with E-state index in [-0.39, 0.29) is 5.82 Å². The first-order chi connectivity index (χ1) is 13.7. The Hall–Kier alpha value is -3.73. The number of carbonyl (C=O) groups excluding carboxylic acids is 1. The normalized spacial score (nSPS) is 11.6. The van der Waals surface area contributed by atoms with E-state index in [2.05, 4.69) is 5.10 Å². The van der Waals surface area contributed by atoms with Gasteiger partial charge in [-0.25, -0.2) is 13.9 Å². The summed E-state index contributed by atoms with van der Waals surface area (Å²) < 4.78 is 19.8. The molecule has 4 rings (SSSR count). The summed E-state index contributed by atoms with van der Waals surface area (Å²) in [6.07, 6.45) is 3.24. The zero-order valence-corrected chi connectivity index (χ0v) is 15.2. The summed E-state index contributed by atoms with van der Waals surface area (Å²) in [4.78, 5) is 11.9. The lowest BCUT2D eigenvalue weighted by Gasteiger charge is -2.09. The third kappa shape index (κ3) is 3.42. The highest BCUT2D eigenvalue weighted by atomic mass is 19.1. The van der Waals surface area contributed by atoms with E-state index in [4.69, 9.17) is 4.74 Å². The molecule has 0 unspecified atom stereocenters. The van der Waals surface area contributed by atoms with Crippen LogP contribution in [0.5, 0.6) is 0 Å². The summed E-state index contributed by atoms with van der Waals surface area (Å²) in [5, 5.41) is 5.34. The number of aromatic nitrogens is 2. The van der Waals surface area contributed by atoms with Crippen molar-refractivity contribution < 1.29 is 13.9 Å². The third-order valence-electron chi connectivity index (χ3n) is 4.50. The van der Waals surface area contributed by atoms with E-state index >= 15 is 0 Å². The number of esters is 1. The summed E-state index contributed by atoms with van der Waals surface area (Å²) in [6.45, 7) is 0. The Kier molecular flexibility index (Phi) is 4.72. The maximum atomic E-state index is 13.2. The minimum absolute atomic E-state index is 0.289. The molecule has 0 spiro atoms. The lowest BCUT2D eigenvalue weighted by molar-refractivity contribution is -0.134. The molecule has 1 heterocycles. The van der Waals surface area contributed by atoms with E-state index in [1.54, 1.807) is 23.0 Å². The Morgan fingerprint density at radius 1 is 1.00 bits per heavy atom. The highest BCUT2D eigenvalue weighted by Crippen LogP contribution is 2.28. The number of methoxy groups -OCH3 is 1. The molecule has 0 bridgehead atoms. The topological polar surface area (TPSA) is 44.1 Å². The van der Waals surface area contributed by atoms with E-state index < -0.39 is 5.97 Å². The maximum absolute atomic E-state index is 13.2. The van der Waals surface area contributed by atoms with Gasteiger partial charge in [0.2, 0.25) is 0 Å². The molecule has 0 saturated carbocycles. The fourth-order valence-electron chi connectivity index (χ4n) is 3.12. The number of ether oxygens (including phenoxy) is 1. The van der Waals surface area contributed by atoms with Crippen LogP contribution >= 0.6 is 0 Å². The van der Waals surface area contributed by atoms with Crippen molar-refractivity contribution in [2.45, 2.75) is 0 Å². The van der Waals surface area contributed by atoms with Crippen molar-refractivity contribution in [3.8, 4) is 5.69 Å². The average molecular weight is 372 g/mol. The SMILES string of the molecule is COC(=O)C=C(c1ccccc1)c1ccc2c(cnn2-c2ccc(F)cc2)c1. The molecule has 3 aromatic carbocycles. The summed E-state index contributed by atoms with van der Waals surface area (Å²) >= 11 is 0. The van der Waals surface area contributed by atoms with Crippen LogP contribution in [0.2, 0.25) is 0 Å². The quantitative estimate of drug-likeness (QED) is 0.383. The lowest BCUT2D eigenvalue weighted by atomic mass is 9.96. The van der Waals surface area contributed by atoms with E-state index in [1.807, 2.05) is 48.5 Å². The van der Waals surface area contributed by atoms with Gasteiger partial charge in [-0.05, 0) is 53.1 Å². The molecule has 4 aromatic rings. The van der Waals surface area contributed by atoms with Crippen molar-refractivity contribution in [1.82, 2.24) is 9.78 Å². The summed E-state index contributed by atoms with van der Waals surface area (Å²) in [6, 6.07) is 21.7. The molecule has 0 radical (unpaired) electrons. The number of fused-ring (bicyclic) bond motifs is 1. The monoisotopic (exact) mass is 372 g/mol. The fourth-order valence-corrected chi connectivity index (χ4v) is 3.12. The zero-order chi connectivity index (χ0) is 19.5. The van der Waals surface area contributed by atoms with Crippen molar-refractivity contribution in [3.05, 3.63) is 102 Å². The predicted molar refractivity (Wildman–Crippen MR) is 107 cm³/mol. The van der Waals surface area contributed by atoms with Gasteiger partial charge in [-0.15, -0.1) is 0 Å². The molecular weight excluding hydrogens is 355 g/mol. The molecule has 0 atom stereocenters. The molecule has 138 valence electrons. The van der Waals surface area contributed by atoms with Crippen molar-refractivity contribution in [1.29, 1.82) is 0 Å². The van der Waals surface area contributed by atoms with Crippen LogP contribution in [0.25, 0.3) is 22.2 Å². The smallest absolute Gasteiger partial charge is 0.331 e. The van der Waals surface area contributed by atoms with Gasteiger partial charge in [-0.2, -0.15) is 5.10 Å². The number of hydrogen-bond acceptors (Lipinski definition) is 3. The number of nitrogens with zero attached hydrogens (tertiary/aromatic N) is 2. The highest BCUT2D eigenvalue weighted by molar-refractivity contribution is 5.98. The molecule has 1 aromatic heterocycles. The van der Waals surface area contributed by atoms with Gasteiger partial charge in [-0.1, -0.05) is 36.4 Å². The van der Waals surface area contributed by atoms with Crippen molar-refractivity contribution in [2.24, 2.45) is 0 Å². The van der Waals surface area contributed by atoms with E-state index in [0.29, 0.717) is 0 Å². The first kappa shape index (κ1) is 17.7. The minimum Gasteiger partial charge on any atom is -0.466 e. The second-order valence-corrected chi connectivity index (χ2v) is 6.25. The first-order valence-electron chi connectivity index (χ1n) is 8.75. The number of carbonyl (C=O) groups is 1. The van der Waals surface area contributed by atoms with Crippen LogP contribution in [0.15, 0.2) is 85.1 Å². The molecule has 0 saturated heterocycles. The molecule has 0 aliphatic heterocycles. The summed E-state index contributed by atoms with van der Waals surface area (Å²) in [5.41, 5.74) is 4.23. The van der Waals surface area contributed by atoms with Gasteiger partial charge < -0.3 is 4.74 Å². The van der Waals surface area contributed by atoms with E-state index in [1.165, 1.54) is 25.3 Å². The number of benzene rings is 3. The Labute approximate surface area is 161 Å². The molecule has 0 N–H and O–H groups in total. The van der Waals surface area contributed by atoms with Crippen LogP contribution in [-0.4, -0.2) is 22.9 Å². The lowest BCUT2D eigenvalue weighted by Crippen LogP contribution is -1.99. The van der Waals surface area contributed by atoms with Crippen LogP contribution in [0.4, 0.5) is 4.39 Å². The zero-order valence-electron chi connectivity index (χ0n) is 15.2. The van der Waals surface area contributed by atoms with Crippen LogP contribution < -0.4 is 0 Å². The number of halogens is 1. The second-order valence-electron chi connectivity index (χ2n) is 6.25. The first-order valence-corrected chi connectivity index (χ1v) is 8.75. The van der Waals surface area contributed by atoms with Gasteiger partial charge in [0.15, 0.2) is 0 Å². The van der Waals surface area contributed by atoms with Gasteiger partial charge in [-0.3, -0.25) is 0 Å². The van der Waals surface area contributed by atoms with Gasteiger partial charge >= 0.3 is 5.97 Å². The van der Waals surface area contributed by atoms with Crippen LogP contribution in [0.3, 0.4) is 0 Å². The van der Waals surface area contributed by atoms with Gasteiger partial charge in [0.1, 0.15) is 5.82 Å².